The van der Waals surface area contributed by atoms with Crippen molar-refractivity contribution in [2.45, 2.75) is 97.1 Å². The predicted molar refractivity (Wildman–Crippen MR) is 106 cm³/mol. The quantitative estimate of drug-likeness (QED) is 0.601. The van der Waals surface area contributed by atoms with E-state index in [2.05, 4.69) is 33.8 Å². The SMILES string of the molecule is C[C@H]1CC[C@@]2(OC1)O[C@H]1[C@H]3CC=C4C[C@@H](O)CC[C@]4(C)[C@@H]3CC[C@@]1(C)[C@H]2C. The van der Waals surface area contributed by atoms with E-state index in [1.807, 2.05) is 0 Å². The van der Waals surface area contributed by atoms with E-state index in [4.69, 9.17) is 9.47 Å². The fourth-order valence-electron chi connectivity index (χ4n) is 7.66. The lowest BCUT2D eigenvalue weighted by molar-refractivity contribution is -0.276. The van der Waals surface area contributed by atoms with Crippen molar-refractivity contribution < 1.29 is 14.6 Å². The molecule has 3 nitrogen and oxygen atoms in total. The van der Waals surface area contributed by atoms with Gasteiger partial charge in [-0.2, -0.15) is 0 Å². The molecule has 0 unspecified atom stereocenters. The molecule has 152 valence electrons. The molecular weight excluding hydrogens is 336 g/mol. The minimum Gasteiger partial charge on any atom is -0.393 e. The summed E-state index contributed by atoms with van der Waals surface area (Å²) in [5.41, 5.74) is 2.04. The van der Waals surface area contributed by atoms with E-state index in [1.165, 1.54) is 24.8 Å². The van der Waals surface area contributed by atoms with Crippen molar-refractivity contribution in [3.8, 4) is 0 Å². The maximum atomic E-state index is 10.2. The Kier molecular flexibility index (Phi) is 4.18. The summed E-state index contributed by atoms with van der Waals surface area (Å²) in [6.45, 7) is 10.5. The molecule has 0 bridgehead atoms. The predicted octanol–water partition coefficient (Wildman–Crippen LogP) is 5.08. The highest BCUT2D eigenvalue weighted by Crippen LogP contribution is 2.66. The summed E-state index contributed by atoms with van der Waals surface area (Å²) in [7, 11) is 0. The summed E-state index contributed by atoms with van der Waals surface area (Å²) in [6, 6.07) is 0. The van der Waals surface area contributed by atoms with Gasteiger partial charge in [0.15, 0.2) is 5.79 Å². The highest BCUT2D eigenvalue weighted by atomic mass is 16.7. The molecule has 0 amide bonds. The normalized spacial score (nSPS) is 57.6. The van der Waals surface area contributed by atoms with Crippen LogP contribution in [0.3, 0.4) is 0 Å². The van der Waals surface area contributed by atoms with E-state index < -0.39 is 0 Å². The molecule has 9 atom stereocenters. The average Bonchev–Trinajstić information content (AvgIpc) is 2.87. The van der Waals surface area contributed by atoms with Gasteiger partial charge in [-0.1, -0.05) is 39.3 Å². The molecule has 0 aromatic rings. The summed E-state index contributed by atoms with van der Waals surface area (Å²) in [5, 5.41) is 10.2. The number of fused-ring (bicyclic) bond motifs is 5. The molecule has 1 N–H and O–H groups in total. The third-order valence-electron chi connectivity index (χ3n) is 9.76. The van der Waals surface area contributed by atoms with Crippen LogP contribution in [0.2, 0.25) is 0 Å². The van der Waals surface area contributed by atoms with Gasteiger partial charge in [-0.25, -0.2) is 0 Å². The fraction of sp³-hybridized carbons (Fsp3) is 0.917. The lowest BCUT2D eigenvalue weighted by atomic mass is 9.48. The lowest BCUT2D eigenvalue weighted by Gasteiger charge is -2.56. The van der Waals surface area contributed by atoms with E-state index in [-0.39, 0.29) is 22.7 Å². The Hall–Kier alpha value is -0.380. The Morgan fingerprint density at radius 2 is 1.89 bits per heavy atom. The van der Waals surface area contributed by atoms with Gasteiger partial charge in [0.05, 0.1) is 18.8 Å². The first-order valence-corrected chi connectivity index (χ1v) is 11.5. The van der Waals surface area contributed by atoms with Crippen LogP contribution in [-0.4, -0.2) is 29.7 Å². The molecule has 2 saturated carbocycles. The number of hydrogen-bond acceptors (Lipinski definition) is 3. The van der Waals surface area contributed by atoms with Crippen molar-refractivity contribution >= 4 is 0 Å². The zero-order chi connectivity index (χ0) is 19.0. The maximum absolute atomic E-state index is 10.2. The van der Waals surface area contributed by atoms with E-state index in [1.54, 1.807) is 0 Å². The molecular formula is C24H38O3. The number of rotatable bonds is 0. The molecule has 5 aliphatic rings. The topological polar surface area (TPSA) is 38.7 Å². The third-order valence-corrected chi connectivity index (χ3v) is 9.76. The average molecular weight is 375 g/mol. The Morgan fingerprint density at radius 3 is 2.63 bits per heavy atom. The van der Waals surface area contributed by atoms with E-state index in [9.17, 15) is 5.11 Å². The van der Waals surface area contributed by atoms with Crippen molar-refractivity contribution in [3.63, 3.8) is 0 Å². The maximum Gasteiger partial charge on any atom is 0.171 e. The first-order chi connectivity index (χ1) is 12.8. The van der Waals surface area contributed by atoms with Crippen LogP contribution in [0.25, 0.3) is 0 Å². The summed E-state index contributed by atoms with van der Waals surface area (Å²) in [5.74, 6) is 2.09. The molecule has 5 rings (SSSR count). The Balaban J connectivity index is 1.46. The molecule has 2 saturated heterocycles. The van der Waals surface area contributed by atoms with E-state index in [0.29, 0.717) is 29.8 Å². The number of aliphatic hydroxyl groups excluding tert-OH is 1. The summed E-state index contributed by atoms with van der Waals surface area (Å²) in [6.07, 6.45) is 11.6. The van der Waals surface area contributed by atoms with Crippen molar-refractivity contribution in [3.05, 3.63) is 11.6 Å². The van der Waals surface area contributed by atoms with Gasteiger partial charge in [-0.15, -0.1) is 0 Å². The standard InChI is InChI=1S/C24H38O3/c1-15-7-12-24(26-14-15)16(2)22(3)11-9-20-19(21(22)27-24)6-5-17-13-18(25)8-10-23(17,20)4/h5,15-16,18-21,25H,6-14H2,1-4H3/t15-,16+,18-,19-,20+,21-,22-,23-,24+/m0/s1. The molecule has 3 heteroatoms. The summed E-state index contributed by atoms with van der Waals surface area (Å²) < 4.78 is 13.4. The molecule has 0 radical (unpaired) electrons. The van der Waals surface area contributed by atoms with E-state index >= 15 is 0 Å². The van der Waals surface area contributed by atoms with Gasteiger partial charge >= 0.3 is 0 Å². The molecule has 27 heavy (non-hydrogen) atoms. The zero-order valence-corrected chi connectivity index (χ0v) is 17.7. The van der Waals surface area contributed by atoms with Crippen molar-refractivity contribution in [2.75, 3.05) is 6.61 Å². The summed E-state index contributed by atoms with van der Waals surface area (Å²) >= 11 is 0. The molecule has 3 aliphatic carbocycles. The minimum absolute atomic E-state index is 0.126. The van der Waals surface area contributed by atoms with Crippen LogP contribution < -0.4 is 0 Å². The fourth-order valence-corrected chi connectivity index (χ4v) is 7.66. The van der Waals surface area contributed by atoms with Crippen molar-refractivity contribution in [2.24, 2.45) is 34.5 Å². The van der Waals surface area contributed by atoms with Crippen molar-refractivity contribution in [1.29, 1.82) is 0 Å². The minimum atomic E-state index is -0.339. The monoisotopic (exact) mass is 374 g/mol. The molecule has 1 spiro atoms. The first kappa shape index (κ1) is 18.6. The van der Waals surface area contributed by atoms with Crippen LogP contribution in [0.1, 0.15) is 79.1 Å². The smallest absolute Gasteiger partial charge is 0.171 e. The Bertz CT molecular complexity index is 634. The zero-order valence-electron chi connectivity index (χ0n) is 17.7. The van der Waals surface area contributed by atoms with Crippen LogP contribution >= 0.6 is 0 Å². The molecule has 2 heterocycles. The third kappa shape index (κ3) is 2.50. The van der Waals surface area contributed by atoms with Gasteiger partial charge in [-0.3, -0.25) is 0 Å². The Morgan fingerprint density at radius 1 is 1.07 bits per heavy atom. The lowest BCUT2D eigenvalue weighted by Crippen LogP contribution is -2.52. The van der Waals surface area contributed by atoms with Crippen LogP contribution in [-0.2, 0) is 9.47 Å². The molecule has 0 aromatic heterocycles. The highest BCUT2D eigenvalue weighted by molar-refractivity contribution is 5.26. The largest absolute Gasteiger partial charge is 0.393 e. The summed E-state index contributed by atoms with van der Waals surface area (Å²) in [4.78, 5) is 0. The highest BCUT2D eigenvalue weighted by Gasteiger charge is 2.66. The molecule has 2 aliphatic heterocycles. The van der Waals surface area contributed by atoms with Crippen LogP contribution in [0.4, 0.5) is 0 Å². The molecule has 0 aromatic carbocycles. The van der Waals surface area contributed by atoms with Crippen molar-refractivity contribution in [1.82, 2.24) is 0 Å². The van der Waals surface area contributed by atoms with Gasteiger partial charge in [-0.05, 0) is 68.1 Å². The molecule has 4 fully saturated rings. The van der Waals surface area contributed by atoms with Gasteiger partial charge in [0.25, 0.3) is 0 Å². The Labute approximate surface area is 164 Å². The number of allylic oxidation sites excluding steroid dienone is 1. The van der Waals surface area contributed by atoms with Gasteiger partial charge < -0.3 is 14.6 Å². The second-order valence-corrected chi connectivity index (χ2v) is 11.1. The van der Waals surface area contributed by atoms with Gasteiger partial charge in [0.2, 0.25) is 0 Å². The van der Waals surface area contributed by atoms with Crippen LogP contribution in [0.15, 0.2) is 11.6 Å². The number of hydrogen-bond donors (Lipinski definition) is 1. The first-order valence-electron chi connectivity index (χ1n) is 11.5. The van der Waals surface area contributed by atoms with E-state index in [0.717, 1.165) is 38.7 Å². The number of ether oxygens (including phenoxy) is 2. The second kappa shape index (κ2) is 6.06. The number of aliphatic hydroxyl groups is 1. The second-order valence-electron chi connectivity index (χ2n) is 11.1. The van der Waals surface area contributed by atoms with Gasteiger partial charge in [0.1, 0.15) is 0 Å². The van der Waals surface area contributed by atoms with Crippen LogP contribution in [0.5, 0.6) is 0 Å². The van der Waals surface area contributed by atoms with Gasteiger partial charge in [0, 0.05) is 17.8 Å². The van der Waals surface area contributed by atoms with Crippen LogP contribution in [0, 0.1) is 34.5 Å².